The van der Waals surface area contributed by atoms with Crippen LogP contribution < -0.4 is 5.32 Å². The van der Waals surface area contributed by atoms with Gasteiger partial charge < -0.3 is 5.32 Å². The smallest absolute Gasteiger partial charge is 0.224 e. The SMILES string of the molecule is CCCC[C@@H](CC)CC(=O)Nc1c(C)n[nH]c1C. The number of rotatable bonds is 7. The van der Waals surface area contributed by atoms with E-state index in [2.05, 4.69) is 29.4 Å². The lowest BCUT2D eigenvalue weighted by Crippen LogP contribution is -2.17. The Morgan fingerprint density at radius 3 is 2.61 bits per heavy atom. The summed E-state index contributed by atoms with van der Waals surface area (Å²) in [6.07, 6.45) is 5.22. The van der Waals surface area contributed by atoms with Gasteiger partial charge >= 0.3 is 0 Å². The Labute approximate surface area is 110 Å². The number of hydrogen-bond donors (Lipinski definition) is 2. The van der Waals surface area contributed by atoms with Gasteiger partial charge in [-0.25, -0.2) is 0 Å². The van der Waals surface area contributed by atoms with Gasteiger partial charge in [0.2, 0.25) is 5.91 Å². The highest BCUT2D eigenvalue weighted by Gasteiger charge is 2.14. The van der Waals surface area contributed by atoms with Crippen LogP contribution in [0.25, 0.3) is 0 Å². The Morgan fingerprint density at radius 2 is 2.11 bits per heavy atom. The van der Waals surface area contributed by atoms with Crippen molar-refractivity contribution in [3.8, 4) is 0 Å². The summed E-state index contributed by atoms with van der Waals surface area (Å²) < 4.78 is 0. The van der Waals surface area contributed by atoms with Crippen molar-refractivity contribution in [1.29, 1.82) is 0 Å². The Bertz CT molecular complexity index is 365. The average molecular weight is 251 g/mol. The van der Waals surface area contributed by atoms with Crippen molar-refractivity contribution in [1.82, 2.24) is 10.2 Å². The molecule has 0 aliphatic rings. The van der Waals surface area contributed by atoms with Crippen molar-refractivity contribution >= 4 is 11.6 Å². The summed E-state index contributed by atoms with van der Waals surface area (Å²) in [6.45, 7) is 8.16. The summed E-state index contributed by atoms with van der Waals surface area (Å²) in [5.74, 6) is 0.600. The van der Waals surface area contributed by atoms with Crippen molar-refractivity contribution in [2.24, 2.45) is 5.92 Å². The fraction of sp³-hybridized carbons (Fsp3) is 0.714. The Morgan fingerprint density at radius 1 is 1.39 bits per heavy atom. The number of nitrogens with one attached hydrogen (secondary N) is 2. The molecule has 0 aliphatic heterocycles. The predicted molar refractivity (Wildman–Crippen MR) is 74.6 cm³/mol. The minimum atomic E-state index is 0.102. The zero-order chi connectivity index (χ0) is 13.5. The van der Waals surface area contributed by atoms with Crippen LogP contribution in [0.3, 0.4) is 0 Å². The van der Waals surface area contributed by atoms with Crippen LogP contribution in [0.5, 0.6) is 0 Å². The molecular weight excluding hydrogens is 226 g/mol. The standard InChI is InChI=1S/C14H25N3O/c1-5-7-8-12(6-2)9-13(18)15-14-10(3)16-17-11(14)4/h12H,5-9H2,1-4H3,(H,15,18)(H,16,17)/t12-/m1/s1. The first kappa shape index (κ1) is 14.7. The highest BCUT2D eigenvalue weighted by molar-refractivity contribution is 5.91. The molecule has 0 aromatic carbocycles. The number of carbonyl (C=O) groups is 1. The van der Waals surface area contributed by atoms with E-state index in [1.54, 1.807) is 0 Å². The first-order valence-electron chi connectivity index (χ1n) is 6.89. The van der Waals surface area contributed by atoms with Crippen LogP contribution in [0, 0.1) is 19.8 Å². The van der Waals surface area contributed by atoms with Crippen LogP contribution >= 0.6 is 0 Å². The van der Waals surface area contributed by atoms with Crippen molar-refractivity contribution in [2.75, 3.05) is 5.32 Å². The van der Waals surface area contributed by atoms with E-state index in [4.69, 9.17) is 0 Å². The molecule has 0 saturated carbocycles. The van der Waals surface area contributed by atoms with E-state index >= 15 is 0 Å². The number of nitrogens with zero attached hydrogens (tertiary/aromatic N) is 1. The molecule has 0 spiro atoms. The monoisotopic (exact) mass is 251 g/mol. The van der Waals surface area contributed by atoms with E-state index in [1.807, 2.05) is 13.8 Å². The maximum atomic E-state index is 12.0. The lowest BCUT2D eigenvalue weighted by atomic mass is 9.95. The van der Waals surface area contributed by atoms with Crippen LogP contribution in [0.15, 0.2) is 0 Å². The molecule has 1 heterocycles. The Balaban J connectivity index is 2.50. The fourth-order valence-corrected chi connectivity index (χ4v) is 2.13. The van der Waals surface area contributed by atoms with E-state index in [1.165, 1.54) is 12.8 Å². The number of carbonyl (C=O) groups excluding carboxylic acids is 1. The number of unbranched alkanes of at least 4 members (excludes halogenated alkanes) is 1. The fourth-order valence-electron chi connectivity index (χ4n) is 2.13. The maximum absolute atomic E-state index is 12.0. The van der Waals surface area contributed by atoms with Crippen molar-refractivity contribution < 1.29 is 4.79 Å². The zero-order valence-electron chi connectivity index (χ0n) is 12.0. The number of amides is 1. The number of aromatic amines is 1. The van der Waals surface area contributed by atoms with Gasteiger partial charge in [-0.05, 0) is 26.2 Å². The molecule has 1 aromatic rings. The summed E-state index contributed by atoms with van der Waals surface area (Å²) in [6, 6.07) is 0. The molecule has 0 aliphatic carbocycles. The highest BCUT2D eigenvalue weighted by Crippen LogP contribution is 2.20. The number of hydrogen-bond acceptors (Lipinski definition) is 2. The molecule has 0 unspecified atom stereocenters. The van der Waals surface area contributed by atoms with Gasteiger partial charge in [0.1, 0.15) is 0 Å². The van der Waals surface area contributed by atoms with E-state index in [0.29, 0.717) is 12.3 Å². The number of aromatic nitrogens is 2. The van der Waals surface area contributed by atoms with Crippen LogP contribution in [0.1, 0.15) is 57.3 Å². The molecule has 0 radical (unpaired) electrons. The second-order valence-corrected chi connectivity index (χ2v) is 4.98. The lowest BCUT2D eigenvalue weighted by Gasteiger charge is -2.14. The molecule has 2 N–H and O–H groups in total. The maximum Gasteiger partial charge on any atom is 0.224 e. The first-order valence-corrected chi connectivity index (χ1v) is 6.89. The third kappa shape index (κ3) is 4.17. The average Bonchev–Trinajstić information content (AvgIpc) is 2.66. The zero-order valence-corrected chi connectivity index (χ0v) is 12.0. The number of aryl methyl sites for hydroxylation is 2. The largest absolute Gasteiger partial charge is 0.323 e. The molecular formula is C14H25N3O. The normalized spacial score (nSPS) is 12.4. The van der Waals surface area contributed by atoms with Gasteiger partial charge in [-0.1, -0.05) is 33.1 Å². The summed E-state index contributed by atoms with van der Waals surface area (Å²) in [7, 11) is 0. The van der Waals surface area contributed by atoms with Crippen molar-refractivity contribution in [2.45, 2.75) is 59.8 Å². The molecule has 1 atom stereocenters. The third-order valence-corrected chi connectivity index (χ3v) is 3.41. The minimum Gasteiger partial charge on any atom is -0.323 e. The molecule has 0 saturated heterocycles. The van der Waals surface area contributed by atoms with Gasteiger partial charge in [-0.15, -0.1) is 0 Å². The first-order chi connectivity index (χ1) is 8.58. The topological polar surface area (TPSA) is 57.8 Å². The van der Waals surface area contributed by atoms with Gasteiger partial charge in [-0.3, -0.25) is 9.89 Å². The molecule has 1 rings (SSSR count). The predicted octanol–water partition coefficient (Wildman–Crippen LogP) is 3.57. The van der Waals surface area contributed by atoms with E-state index < -0.39 is 0 Å². The van der Waals surface area contributed by atoms with Crippen LogP contribution in [0.4, 0.5) is 5.69 Å². The van der Waals surface area contributed by atoms with E-state index in [9.17, 15) is 4.79 Å². The second kappa shape index (κ2) is 7.19. The van der Waals surface area contributed by atoms with Gasteiger partial charge in [0, 0.05) is 6.42 Å². The summed E-state index contributed by atoms with van der Waals surface area (Å²) in [4.78, 5) is 12.0. The Hall–Kier alpha value is -1.32. The van der Waals surface area contributed by atoms with Crippen LogP contribution in [0.2, 0.25) is 0 Å². The van der Waals surface area contributed by atoms with Crippen LogP contribution in [-0.4, -0.2) is 16.1 Å². The Kier molecular flexibility index (Phi) is 5.89. The van der Waals surface area contributed by atoms with Crippen molar-refractivity contribution in [3.05, 3.63) is 11.4 Å². The molecule has 4 heteroatoms. The third-order valence-electron chi connectivity index (χ3n) is 3.41. The molecule has 0 bridgehead atoms. The number of anilines is 1. The summed E-state index contributed by atoms with van der Waals surface area (Å²) in [5.41, 5.74) is 2.61. The molecule has 18 heavy (non-hydrogen) atoms. The number of H-pyrrole nitrogens is 1. The summed E-state index contributed by atoms with van der Waals surface area (Å²) in [5, 5.41) is 9.92. The van der Waals surface area contributed by atoms with Gasteiger partial charge in [0.05, 0.1) is 17.1 Å². The molecule has 1 amide bonds. The van der Waals surface area contributed by atoms with Gasteiger partial charge in [0.15, 0.2) is 0 Å². The minimum absolute atomic E-state index is 0.102. The van der Waals surface area contributed by atoms with Crippen LogP contribution in [-0.2, 0) is 4.79 Å². The molecule has 4 nitrogen and oxygen atoms in total. The second-order valence-electron chi connectivity index (χ2n) is 4.98. The quantitative estimate of drug-likeness (QED) is 0.778. The highest BCUT2D eigenvalue weighted by atomic mass is 16.1. The lowest BCUT2D eigenvalue weighted by molar-refractivity contribution is -0.117. The molecule has 0 fully saturated rings. The van der Waals surface area contributed by atoms with E-state index in [-0.39, 0.29) is 5.91 Å². The molecule has 102 valence electrons. The summed E-state index contributed by atoms with van der Waals surface area (Å²) >= 11 is 0. The van der Waals surface area contributed by atoms with Gasteiger partial charge in [0.25, 0.3) is 0 Å². The molecule has 1 aromatic heterocycles. The van der Waals surface area contributed by atoms with Crippen molar-refractivity contribution in [3.63, 3.8) is 0 Å². The van der Waals surface area contributed by atoms with E-state index in [0.717, 1.165) is 29.9 Å². The van der Waals surface area contributed by atoms with Gasteiger partial charge in [-0.2, -0.15) is 5.10 Å².